The molecule has 224 valence electrons. The van der Waals surface area contributed by atoms with Crippen LogP contribution in [-0.2, 0) is 10.2 Å². The molecular formula is C35H46N4O3. The van der Waals surface area contributed by atoms with Crippen molar-refractivity contribution >= 4 is 11.7 Å². The average Bonchev–Trinajstić information content (AvgIpc) is 3.52. The zero-order valence-electron chi connectivity index (χ0n) is 25.7. The molecular weight excluding hydrogens is 524 g/mol. The van der Waals surface area contributed by atoms with Gasteiger partial charge in [-0.15, -0.1) is 0 Å². The number of ether oxygens (including phenoxy) is 1. The van der Waals surface area contributed by atoms with Gasteiger partial charge < -0.3 is 14.4 Å². The third-order valence-corrected chi connectivity index (χ3v) is 10.7. The molecule has 7 heteroatoms. The molecule has 2 heterocycles. The second kappa shape index (κ2) is 11.5. The van der Waals surface area contributed by atoms with Crippen molar-refractivity contribution in [3.63, 3.8) is 0 Å². The van der Waals surface area contributed by atoms with E-state index in [1.807, 2.05) is 34.1 Å². The molecule has 0 saturated heterocycles. The summed E-state index contributed by atoms with van der Waals surface area (Å²) in [4.78, 5) is 25.6. The number of benzene rings is 1. The highest BCUT2D eigenvalue weighted by Crippen LogP contribution is 2.58. The van der Waals surface area contributed by atoms with Crippen LogP contribution in [0, 0.1) is 18.3 Å². The zero-order chi connectivity index (χ0) is 29.5. The van der Waals surface area contributed by atoms with E-state index in [1.54, 1.807) is 7.11 Å². The monoisotopic (exact) mass is 570 g/mol. The van der Waals surface area contributed by atoms with Crippen molar-refractivity contribution in [1.82, 2.24) is 14.5 Å². The maximum absolute atomic E-state index is 14.2. The van der Waals surface area contributed by atoms with E-state index in [0.29, 0.717) is 25.3 Å². The molecule has 0 unspecified atom stereocenters. The Bertz CT molecular complexity index is 1400. The number of aliphatic hydroxyl groups is 1. The summed E-state index contributed by atoms with van der Waals surface area (Å²) < 4.78 is 7.56. The first-order valence-corrected chi connectivity index (χ1v) is 15.9. The number of carbonyl (C=O) groups excluding carboxylic acids is 1. The summed E-state index contributed by atoms with van der Waals surface area (Å²) in [6.07, 6.45) is 15.1. The molecule has 0 aliphatic heterocycles. The normalized spacial score (nSPS) is 27.3. The molecule has 1 amide bonds. The van der Waals surface area contributed by atoms with Crippen LogP contribution >= 0.6 is 0 Å². The molecule has 4 fully saturated rings. The average molecular weight is 571 g/mol. The molecule has 0 atom stereocenters. The third-order valence-electron chi connectivity index (χ3n) is 10.7. The van der Waals surface area contributed by atoms with Gasteiger partial charge in [0.2, 0.25) is 5.91 Å². The number of hydrogen-bond acceptors (Lipinski definition) is 5. The van der Waals surface area contributed by atoms with Gasteiger partial charge in [-0.25, -0.2) is 9.97 Å². The summed E-state index contributed by atoms with van der Waals surface area (Å²) in [5.74, 6) is 2.13. The SMILES string of the molecule is COc1ccc(C23CCC(CN(C(=O)C4CCC(O)CC4)c4cc(-n5cnc(C(C)C)c5)ccn4)(CC2)CC3)cc1C. The van der Waals surface area contributed by atoms with E-state index in [0.717, 1.165) is 74.3 Å². The van der Waals surface area contributed by atoms with E-state index >= 15 is 0 Å². The van der Waals surface area contributed by atoms with Crippen LogP contribution in [0.5, 0.6) is 5.75 Å². The van der Waals surface area contributed by atoms with Crippen molar-refractivity contribution in [1.29, 1.82) is 0 Å². The first-order valence-electron chi connectivity index (χ1n) is 15.9. The lowest BCUT2D eigenvalue weighted by atomic mass is 9.51. The van der Waals surface area contributed by atoms with Crippen molar-refractivity contribution in [2.45, 2.75) is 102 Å². The number of carbonyl (C=O) groups is 1. The number of rotatable bonds is 8. The molecule has 4 aliphatic carbocycles. The van der Waals surface area contributed by atoms with Gasteiger partial charge in [-0.2, -0.15) is 0 Å². The van der Waals surface area contributed by atoms with Crippen molar-refractivity contribution in [3.8, 4) is 11.4 Å². The smallest absolute Gasteiger partial charge is 0.231 e. The Labute approximate surface area is 250 Å². The fraction of sp³-hybridized carbons (Fsp3) is 0.571. The number of imidazole rings is 1. The predicted octanol–water partition coefficient (Wildman–Crippen LogP) is 6.88. The van der Waals surface area contributed by atoms with Gasteiger partial charge >= 0.3 is 0 Å². The van der Waals surface area contributed by atoms with Gasteiger partial charge in [-0.1, -0.05) is 26.0 Å². The fourth-order valence-corrected chi connectivity index (χ4v) is 7.79. The van der Waals surface area contributed by atoms with Crippen molar-refractivity contribution in [3.05, 3.63) is 65.9 Å². The number of methoxy groups -OCH3 is 1. The van der Waals surface area contributed by atoms with Crippen molar-refractivity contribution < 1.29 is 14.6 Å². The lowest BCUT2D eigenvalue weighted by Gasteiger charge is -2.55. The minimum Gasteiger partial charge on any atom is -0.496 e. The Hall–Kier alpha value is -3.19. The number of anilines is 1. The lowest BCUT2D eigenvalue weighted by molar-refractivity contribution is -0.124. The van der Waals surface area contributed by atoms with E-state index in [-0.39, 0.29) is 28.8 Å². The van der Waals surface area contributed by atoms with Gasteiger partial charge in [0, 0.05) is 30.9 Å². The second-order valence-corrected chi connectivity index (χ2v) is 13.6. The van der Waals surface area contributed by atoms with Gasteiger partial charge in [0.1, 0.15) is 11.6 Å². The molecule has 2 aromatic heterocycles. The molecule has 4 saturated carbocycles. The first kappa shape index (κ1) is 28.9. The molecule has 7 rings (SSSR count). The largest absolute Gasteiger partial charge is 0.496 e. The predicted molar refractivity (Wildman–Crippen MR) is 165 cm³/mol. The standard InChI is InChI=1S/C35H46N4O3/c1-24(2)30-21-38(23-37-30)28-11-18-36-32(20-28)39(33(41)26-5-8-29(40)9-6-26)22-34-12-15-35(16-13-34,17-14-34)27-7-10-31(42-4)25(3)19-27/h7,10-11,18-21,23-24,26,29,40H,5-6,8-9,12-17,22H2,1-4H3. The van der Waals surface area contributed by atoms with Crippen LogP contribution in [0.1, 0.15) is 101 Å². The van der Waals surface area contributed by atoms with E-state index in [1.165, 1.54) is 11.1 Å². The van der Waals surface area contributed by atoms with Crippen LogP contribution in [0.25, 0.3) is 5.69 Å². The summed E-state index contributed by atoms with van der Waals surface area (Å²) >= 11 is 0. The van der Waals surface area contributed by atoms with Crippen molar-refractivity contribution in [2.24, 2.45) is 11.3 Å². The number of amides is 1. The van der Waals surface area contributed by atoms with Gasteiger partial charge in [0.15, 0.2) is 0 Å². The molecule has 1 N–H and O–H groups in total. The summed E-state index contributed by atoms with van der Waals surface area (Å²) in [6.45, 7) is 7.13. The summed E-state index contributed by atoms with van der Waals surface area (Å²) in [5, 5.41) is 10.1. The number of hydrogen-bond donors (Lipinski definition) is 1. The molecule has 42 heavy (non-hydrogen) atoms. The molecule has 1 aromatic carbocycles. The van der Waals surface area contributed by atoms with E-state index in [2.05, 4.69) is 50.2 Å². The van der Waals surface area contributed by atoms with Crippen LogP contribution in [0.2, 0.25) is 0 Å². The number of pyridine rings is 1. The zero-order valence-corrected chi connectivity index (χ0v) is 25.7. The molecule has 0 spiro atoms. The van der Waals surface area contributed by atoms with E-state index in [9.17, 15) is 9.90 Å². The topological polar surface area (TPSA) is 80.5 Å². The summed E-state index contributed by atoms with van der Waals surface area (Å²) in [6, 6.07) is 10.8. The molecule has 0 radical (unpaired) electrons. The minimum absolute atomic E-state index is 0.0652. The Morgan fingerprint density at radius 3 is 2.38 bits per heavy atom. The summed E-state index contributed by atoms with van der Waals surface area (Å²) in [7, 11) is 1.74. The van der Waals surface area contributed by atoms with Crippen LogP contribution < -0.4 is 9.64 Å². The molecule has 7 nitrogen and oxygen atoms in total. The molecule has 2 bridgehead atoms. The van der Waals surface area contributed by atoms with Gasteiger partial charge in [-0.05, 0) is 111 Å². The number of aryl methyl sites for hydroxylation is 1. The maximum atomic E-state index is 14.2. The van der Waals surface area contributed by atoms with Crippen LogP contribution in [0.15, 0.2) is 49.1 Å². The van der Waals surface area contributed by atoms with Gasteiger partial charge in [0.05, 0.1) is 30.9 Å². The highest BCUT2D eigenvalue weighted by atomic mass is 16.5. The number of aliphatic hydroxyl groups excluding tert-OH is 1. The van der Waals surface area contributed by atoms with Gasteiger partial charge in [0.25, 0.3) is 0 Å². The number of nitrogens with zero attached hydrogens (tertiary/aromatic N) is 4. The van der Waals surface area contributed by atoms with E-state index in [4.69, 9.17) is 9.72 Å². The maximum Gasteiger partial charge on any atom is 0.231 e. The van der Waals surface area contributed by atoms with Crippen LogP contribution in [0.4, 0.5) is 5.82 Å². The number of aromatic nitrogens is 3. The lowest BCUT2D eigenvalue weighted by Crippen LogP contribution is -2.52. The van der Waals surface area contributed by atoms with Crippen molar-refractivity contribution in [2.75, 3.05) is 18.6 Å². The first-order chi connectivity index (χ1) is 20.2. The van der Waals surface area contributed by atoms with Gasteiger partial charge in [-0.3, -0.25) is 9.69 Å². The fourth-order valence-electron chi connectivity index (χ4n) is 7.79. The quantitative estimate of drug-likeness (QED) is 0.319. The Morgan fingerprint density at radius 1 is 1.05 bits per heavy atom. The molecule has 3 aromatic rings. The molecule has 4 aliphatic rings. The second-order valence-electron chi connectivity index (χ2n) is 13.6. The Morgan fingerprint density at radius 2 is 1.76 bits per heavy atom. The highest BCUT2D eigenvalue weighted by Gasteiger charge is 2.50. The van der Waals surface area contributed by atoms with E-state index < -0.39 is 0 Å². The summed E-state index contributed by atoms with van der Waals surface area (Å²) in [5.41, 5.74) is 4.98. The third kappa shape index (κ3) is 5.48. The van der Waals surface area contributed by atoms with Crippen LogP contribution in [-0.4, -0.2) is 45.3 Å². The Balaban J connectivity index is 1.27. The Kier molecular flexibility index (Phi) is 7.90. The number of fused-ring (bicyclic) bond motifs is 3. The highest BCUT2D eigenvalue weighted by molar-refractivity contribution is 5.94. The van der Waals surface area contributed by atoms with Crippen LogP contribution in [0.3, 0.4) is 0 Å². The minimum atomic E-state index is -0.287.